The number of likely N-dealkylation sites (N-methyl/N-ethyl adjacent to an activating group) is 1. The van der Waals surface area contributed by atoms with Crippen LogP contribution in [0.15, 0.2) is 23.3 Å². The van der Waals surface area contributed by atoms with Crippen LogP contribution in [-0.4, -0.2) is 24.9 Å². The molecule has 0 aromatic heterocycles. The number of nitrogens with zero attached hydrogens (tertiary/aromatic N) is 1. The highest BCUT2D eigenvalue weighted by Crippen LogP contribution is 2.06. The summed E-state index contributed by atoms with van der Waals surface area (Å²) in [4.78, 5) is 12.9. The first-order valence-corrected chi connectivity index (χ1v) is 4.95. The molecule has 0 N–H and O–H groups in total. The van der Waals surface area contributed by atoms with E-state index in [1.54, 1.807) is 25.1 Å². The van der Waals surface area contributed by atoms with Crippen LogP contribution >= 0.6 is 0 Å². The Morgan fingerprint density at radius 1 is 1.21 bits per heavy atom. The van der Waals surface area contributed by atoms with Crippen LogP contribution < -0.4 is 0 Å². The van der Waals surface area contributed by atoms with Crippen LogP contribution in [0.25, 0.3) is 0 Å². The Morgan fingerprint density at radius 2 is 1.79 bits per heavy atom. The van der Waals surface area contributed by atoms with Gasteiger partial charge in [-0.25, -0.2) is 0 Å². The lowest BCUT2D eigenvalue weighted by Crippen LogP contribution is -2.19. The van der Waals surface area contributed by atoms with E-state index in [0.717, 1.165) is 18.4 Å². The molecule has 0 aromatic carbocycles. The number of carbonyl (C=O) groups excluding carboxylic acids is 1. The summed E-state index contributed by atoms with van der Waals surface area (Å²) in [6.45, 7) is 6.17. The molecule has 0 aliphatic heterocycles. The minimum Gasteiger partial charge on any atom is -0.345 e. The van der Waals surface area contributed by atoms with Gasteiger partial charge in [-0.05, 0) is 33.6 Å². The largest absolute Gasteiger partial charge is 0.345 e. The molecule has 0 spiro atoms. The highest BCUT2D eigenvalue weighted by atomic mass is 16.2. The third kappa shape index (κ3) is 6.46. The van der Waals surface area contributed by atoms with Crippen LogP contribution in [0.2, 0.25) is 0 Å². The van der Waals surface area contributed by atoms with Crippen molar-refractivity contribution in [1.29, 1.82) is 0 Å². The molecule has 2 nitrogen and oxygen atoms in total. The topological polar surface area (TPSA) is 20.3 Å². The highest BCUT2D eigenvalue weighted by Gasteiger charge is 1.99. The molecule has 0 aromatic rings. The Bertz CT molecular complexity index is 245. The van der Waals surface area contributed by atoms with Gasteiger partial charge in [0.25, 0.3) is 0 Å². The van der Waals surface area contributed by atoms with Crippen molar-refractivity contribution in [2.24, 2.45) is 0 Å². The van der Waals surface area contributed by atoms with E-state index in [1.807, 2.05) is 6.92 Å². The van der Waals surface area contributed by atoms with Gasteiger partial charge in [-0.15, -0.1) is 0 Å². The van der Waals surface area contributed by atoms with Gasteiger partial charge in [0.1, 0.15) is 0 Å². The number of allylic oxidation sites excluding steroid dienone is 3. The van der Waals surface area contributed by atoms with Crippen LogP contribution in [0.1, 0.15) is 33.6 Å². The average molecular weight is 195 g/mol. The van der Waals surface area contributed by atoms with Crippen molar-refractivity contribution >= 4 is 5.91 Å². The zero-order chi connectivity index (χ0) is 11.1. The number of rotatable bonds is 4. The molecule has 0 fully saturated rings. The smallest absolute Gasteiger partial charge is 0.245 e. The normalized spacial score (nSPS) is 11.1. The summed E-state index contributed by atoms with van der Waals surface area (Å²) in [5, 5.41) is 0. The van der Waals surface area contributed by atoms with Crippen molar-refractivity contribution in [3.05, 3.63) is 23.3 Å². The van der Waals surface area contributed by atoms with E-state index in [4.69, 9.17) is 0 Å². The highest BCUT2D eigenvalue weighted by molar-refractivity contribution is 5.87. The Hall–Kier alpha value is -1.05. The molecule has 0 aliphatic rings. The summed E-state index contributed by atoms with van der Waals surface area (Å²) in [6.07, 6.45) is 5.88. The van der Waals surface area contributed by atoms with E-state index < -0.39 is 0 Å². The van der Waals surface area contributed by atoms with Gasteiger partial charge in [0.2, 0.25) is 5.91 Å². The summed E-state index contributed by atoms with van der Waals surface area (Å²) in [5.41, 5.74) is 2.47. The fourth-order valence-electron chi connectivity index (χ4n) is 1.00. The second-order valence-corrected chi connectivity index (χ2v) is 4.04. The Balaban J connectivity index is 4.02. The van der Waals surface area contributed by atoms with E-state index in [1.165, 1.54) is 5.57 Å². The Morgan fingerprint density at radius 3 is 2.21 bits per heavy atom. The third-order valence-corrected chi connectivity index (χ3v) is 1.90. The molecule has 0 saturated heterocycles. The summed E-state index contributed by atoms with van der Waals surface area (Å²) in [7, 11) is 3.53. The minimum absolute atomic E-state index is 0.0692. The van der Waals surface area contributed by atoms with Crippen molar-refractivity contribution in [3.63, 3.8) is 0 Å². The van der Waals surface area contributed by atoms with Gasteiger partial charge in [0, 0.05) is 20.2 Å². The van der Waals surface area contributed by atoms with E-state index in [-0.39, 0.29) is 5.91 Å². The monoisotopic (exact) mass is 195 g/mol. The van der Waals surface area contributed by atoms with Gasteiger partial charge < -0.3 is 4.90 Å². The standard InChI is InChI=1S/C12H21NO/c1-10(2)7-6-8-11(3)9-12(14)13(4)5/h7,9H,6,8H2,1-5H3. The van der Waals surface area contributed by atoms with Gasteiger partial charge in [-0.1, -0.05) is 17.2 Å². The first kappa shape index (κ1) is 12.9. The minimum atomic E-state index is 0.0692. The van der Waals surface area contributed by atoms with E-state index >= 15 is 0 Å². The SMILES string of the molecule is CC(C)=CCCC(C)=CC(=O)N(C)C. The molecule has 0 rings (SSSR count). The summed E-state index contributed by atoms with van der Waals surface area (Å²) in [5.74, 6) is 0.0692. The van der Waals surface area contributed by atoms with Gasteiger partial charge in [-0.3, -0.25) is 4.79 Å². The molecule has 2 heteroatoms. The van der Waals surface area contributed by atoms with Gasteiger partial charge in [0.15, 0.2) is 0 Å². The van der Waals surface area contributed by atoms with Crippen LogP contribution in [0.4, 0.5) is 0 Å². The molecule has 1 amide bonds. The fraction of sp³-hybridized carbons (Fsp3) is 0.583. The molecular formula is C12H21NO. The van der Waals surface area contributed by atoms with Crippen LogP contribution in [0.5, 0.6) is 0 Å². The fourth-order valence-corrected chi connectivity index (χ4v) is 1.00. The molecule has 0 radical (unpaired) electrons. The zero-order valence-corrected chi connectivity index (χ0v) is 9.92. The molecule has 14 heavy (non-hydrogen) atoms. The van der Waals surface area contributed by atoms with Crippen molar-refractivity contribution in [3.8, 4) is 0 Å². The second kappa shape index (κ2) is 6.41. The van der Waals surface area contributed by atoms with E-state index in [0.29, 0.717) is 0 Å². The lowest BCUT2D eigenvalue weighted by molar-refractivity contribution is -0.123. The molecule has 0 saturated carbocycles. The predicted molar refractivity (Wildman–Crippen MR) is 61.1 cm³/mol. The van der Waals surface area contributed by atoms with Crippen LogP contribution in [-0.2, 0) is 4.79 Å². The van der Waals surface area contributed by atoms with Crippen LogP contribution in [0, 0.1) is 0 Å². The van der Waals surface area contributed by atoms with Gasteiger partial charge >= 0.3 is 0 Å². The van der Waals surface area contributed by atoms with E-state index in [2.05, 4.69) is 19.9 Å². The maximum absolute atomic E-state index is 11.3. The lowest BCUT2D eigenvalue weighted by atomic mass is 10.1. The quantitative estimate of drug-likeness (QED) is 0.499. The zero-order valence-electron chi connectivity index (χ0n) is 9.92. The van der Waals surface area contributed by atoms with Crippen LogP contribution in [0.3, 0.4) is 0 Å². The Labute approximate surface area is 87.3 Å². The van der Waals surface area contributed by atoms with Gasteiger partial charge in [0.05, 0.1) is 0 Å². The summed E-state index contributed by atoms with van der Waals surface area (Å²) >= 11 is 0. The maximum Gasteiger partial charge on any atom is 0.245 e. The average Bonchev–Trinajstić information content (AvgIpc) is 2.02. The van der Waals surface area contributed by atoms with Crippen molar-refractivity contribution in [1.82, 2.24) is 4.90 Å². The molecule has 0 atom stereocenters. The van der Waals surface area contributed by atoms with E-state index in [9.17, 15) is 4.79 Å². The molecule has 0 unspecified atom stereocenters. The first-order valence-electron chi connectivity index (χ1n) is 4.95. The molecule has 0 heterocycles. The number of amides is 1. The van der Waals surface area contributed by atoms with Crippen molar-refractivity contribution in [2.75, 3.05) is 14.1 Å². The first-order chi connectivity index (χ1) is 6.43. The number of hydrogen-bond donors (Lipinski definition) is 0. The summed E-state index contributed by atoms with van der Waals surface area (Å²) in [6, 6.07) is 0. The molecule has 0 aliphatic carbocycles. The molecular weight excluding hydrogens is 174 g/mol. The lowest BCUT2D eigenvalue weighted by Gasteiger charge is -2.07. The predicted octanol–water partition coefficient (Wildman–Crippen LogP) is 2.77. The summed E-state index contributed by atoms with van der Waals surface area (Å²) < 4.78 is 0. The number of carbonyl (C=O) groups is 1. The third-order valence-electron chi connectivity index (χ3n) is 1.90. The molecule has 0 bridgehead atoms. The Kier molecular flexibility index (Phi) is 5.93. The molecule has 80 valence electrons. The maximum atomic E-state index is 11.3. The second-order valence-electron chi connectivity index (χ2n) is 4.04. The van der Waals surface area contributed by atoms with Crippen molar-refractivity contribution in [2.45, 2.75) is 33.6 Å². The number of hydrogen-bond acceptors (Lipinski definition) is 1. The van der Waals surface area contributed by atoms with Gasteiger partial charge in [-0.2, -0.15) is 0 Å². The van der Waals surface area contributed by atoms with Crippen molar-refractivity contribution < 1.29 is 4.79 Å².